The summed E-state index contributed by atoms with van der Waals surface area (Å²) in [5.74, 6) is 7.02. The Kier molecular flexibility index (Phi) is 4.69. The molecule has 1 aromatic carbocycles. The number of hydrogen-bond donors (Lipinski definition) is 2. The highest BCUT2D eigenvalue weighted by atomic mass is 32.1. The predicted octanol–water partition coefficient (Wildman–Crippen LogP) is 3.31. The number of methoxy groups -OCH3 is 1. The normalized spacial score (nSPS) is 11.3. The molecule has 0 aliphatic heterocycles. The number of hydrogen-bond acceptors (Lipinski definition) is 6. The van der Waals surface area contributed by atoms with Crippen molar-refractivity contribution < 1.29 is 9.47 Å². The number of thiazole rings is 1. The van der Waals surface area contributed by atoms with Crippen molar-refractivity contribution in [1.29, 1.82) is 0 Å². The molecular formula is C15H21N3O2S. The fraction of sp³-hybridized carbons (Fsp3) is 0.400. The van der Waals surface area contributed by atoms with Gasteiger partial charge >= 0.3 is 0 Å². The largest absolute Gasteiger partial charge is 0.497 e. The number of hydrazine groups is 1. The molecule has 0 bridgehead atoms. The van der Waals surface area contributed by atoms with Gasteiger partial charge in [-0.25, -0.2) is 10.8 Å². The summed E-state index contributed by atoms with van der Waals surface area (Å²) in [6.07, 6.45) is 1.76. The average Bonchev–Trinajstić information content (AvgIpc) is 2.92. The van der Waals surface area contributed by atoms with E-state index in [1.807, 2.05) is 18.2 Å². The van der Waals surface area contributed by atoms with Crippen molar-refractivity contribution in [1.82, 2.24) is 4.98 Å². The quantitative estimate of drug-likeness (QED) is 0.655. The third-order valence-corrected chi connectivity index (χ3v) is 3.94. The van der Waals surface area contributed by atoms with Gasteiger partial charge in [-0.2, -0.15) is 0 Å². The van der Waals surface area contributed by atoms with Crippen LogP contribution in [0.1, 0.15) is 31.2 Å². The third kappa shape index (κ3) is 3.86. The molecule has 0 radical (unpaired) electrons. The molecule has 0 atom stereocenters. The average molecular weight is 307 g/mol. The fourth-order valence-corrected chi connectivity index (χ4v) is 2.57. The lowest BCUT2D eigenvalue weighted by Gasteiger charge is -2.23. The second kappa shape index (κ2) is 6.32. The number of nitrogens with two attached hydrogens (primary N) is 1. The van der Waals surface area contributed by atoms with Crippen molar-refractivity contribution in [3.8, 4) is 11.5 Å². The van der Waals surface area contributed by atoms with Crippen LogP contribution in [0, 0.1) is 0 Å². The van der Waals surface area contributed by atoms with Crippen LogP contribution in [0.4, 0.5) is 5.13 Å². The molecule has 5 nitrogen and oxygen atoms in total. The molecule has 0 spiro atoms. The van der Waals surface area contributed by atoms with E-state index < -0.39 is 0 Å². The van der Waals surface area contributed by atoms with Crippen LogP contribution < -0.4 is 20.7 Å². The first kappa shape index (κ1) is 15.6. The van der Waals surface area contributed by atoms with Crippen molar-refractivity contribution in [3.05, 3.63) is 34.8 Å². The van der Waals surface area contributed by atoms with Crippen LogP contribution >= 0.6 is 11.3 Å². The number of nitrogens with zero attached hydrogens (tertiary/aromatic N) is 1. The van der Waals surface area contributed by atoms with Crippen molar-refractivity contribution >= 4 is 16.5 Å². The summed E-state index contributed by atoms with van der Waals surface area (Å²) in [6, 6.07) is 5.88. The van der Waals surface area contributed by atoms with Gasteiger partial charge in [0.25, 0.3) is 0 Å². The monoisotopic (exact) mass is 307 g/mol. The maximum absolute atomic E-state index is 5.95. The topological polar surface area (TPSA) is 69.4 Å². The minimum absolute atomic E-state index is 0.0262. The lowest BCUT2D eigenvalue weighted by Crippen LogP contribution is -2.13. The number of anilines is 1. The Morgan fingerprint density at radius 3 is 2.67 bits per heavy atom. The summed E-state index contributed by atoms with van der Waals surface area (Å²) in [7, 11) is 1.67. The lowest BCUT2D eigenvalue weighted by atomic mass is 9.86. The van der Waals surface area contributed by atoms with E-state index in [-0.39, 0.29) is 5.41 Å². The van der Waals surface area contributed by atoms with Crippen molar-refractivity contribution in [2.45, 2.75) is 32.8 Å². The first-order chi connectivity index (χ1) is 9.94. The number of nitrogens with one attached hydrogen (secondary N) is 1. The van der Waals surface area contributed by atoms with Crippen LogP contribution in [0.3, 0.4) is 0 Å². The number of nitrogen functional groups attached to an aromatic ring is 1. The minimum Gasteiger partial charge on any atom is -0.497 e. The van der Waals surface area contributed by atoms with E-state index in [0.717, 1.165) is 21.9 Å². The lowest BCUT2D eigenvalue weighted by molar-refractivity contribution is 0.299. The zero-order valence-electron chi connectivity index (χ0n) is 12.8. The number of ether oxygens (including phenoxy) is 2. The Morgan fingerprint density at radius 2 is 2.10 bits per heavy atom. The molecule has 0 saturated carbocycles. The van der Waals surface area contributed by atoms with Gasteiger partial charge in [-0.05, 0) is 23.6 Å². The van der Waals surface area contributed by atoms with E-state index in [1.165, 1.54) is 11.3 Å². The van der Waals surface area contributed by atoms with Crippen LogP contribution in [-0.4, -0.2) is 12.1 Å². The standard InChI is InChI=1S/C15H21N3O2S/c1-15(2,3)12-7-10(19-4)5-6-13(12)20-9-11-8-17-14(18-16)21-11/h5-8H,9,16H2,1-4H3,(H,17,18). The Labute approximate surface area is 129 Å². The van der Waals surface area contributed by atoms with Crippen molar-refractivity contribution in [2.75, 3.05) is 12.5 Å². The highest BCUT2D eigenvalue weighted by molar-refractivity contribution is 7.15. The summed E-state index contributed by atoms with van der Waals surface area (Å²) >= 11 is 1.48. The smallest absolute Gasteiger partial charge is 0.197 e. The first-order valence-electron chi connectivity index (χ1n) is 6.66. The van der Waals surface area contributed by atoms with Gasteiger partial charge in [0.15, 0.2) is 5.13 Å². The van der Waals surface area contributed by atoms with Crippen LogP contribution in [0.2, 0.25) is 0 Å². The zero-order chi connectivity index (χ0) is 15.5. The molecule has 0 aliphatic carbocycles. The maximum atomic E-state index is 5.95. The van der Waals surface area contributed by atoms with Gasteiger partial charge in [0, 0.05) is 11.8 Å². The molecule has 2 aromatic rings. The summed E-state index contributed by atoms with van der Waals surface area (Å²) in [4.78, 5) is 5.14. The molecule has 0 saturated heterocycles. The molecule has 114 valence electrons. The molecule has 1 heterocycles. The highest BCUT2D eigenvalue weighted by Gasteiger charge is 2.20. The zero-order valence-corrected chi connectivity index (χ0v) is 13.6. The third-order valence-electron chi connectivity index (χ3n) is 3.04. The van der Waals surface area contributed by atoms with E-state index >= 15 is 0 Å². The Balaban J connectivity index is 2.19. The molecule has 0 amide bonds. The van der Waals surface area contributed by atoms with Crippen LogP contribution in [0.15, 0.2) is 24.4 Å². The Hall–Kier alpha value is -1.79. The molecule has 6 heteroatoms. The van der Waals surface area contributed by atoms with Gasteiger partial charge in [-0.3, -0.25) is 5.43 Å². The summed E-state index contributed by atoms with van der Waals surface area (Å²) in [5.41, 5.74) is 3.62. The molecule has 0 aliphatic rings. The highest BCUT2D eigenvalue weighted by Crippen LogP contribution is 2.35. The van der Waals surface area contributed by atoms with E-state index in [1.54, 1.807) is 13.3 Å². The van der Waals surface area contributed by atoms with Gasteiger partial charge in [-0.1, -0.05) is 32.1 Å². The number of benzene rings is 1. The van der Waals surface area contributed by atoms with Crippen molar-refractivity contribution in [2.24, 2.45) is 5.84 Å². The molecule has 3 N–H and O–H groups in total. The van der Waals surface area contributed by atoms with Gasteiger partial charge in [0.05, 0.1) is 12.0 Å². The Bertz CT molecular complexity index is 605. The summed E-state index contributed by atoms with van der Waals surface area (Å²) in [5, 5.41) is 0.680. The minimum atomic E-state index is -0.0262. The SMILES string of the molecule is COc1ccc(OCc2cnc(NN)s2)c(C(C)(C)C)c1. The van der Waals surface area contributed by atoms with Crippen LogP contribution in [0.5, 0.6) is 11.5 Å². The fourth-order valence-electron chi connectivity index (χ4n) is 1.94. The second-order valence-corrected chi connectivity index (χ2v) is 6.79. The number of rotatable bonds is 5. The molecule has 21 heavy (non-hydrogen) atoms. The number of aromatic nitrogens is 1. The summed E-state index contributed by atoms with van der Waals surface area (Å²) in [6.45, 7) is 6.92. The first-order valence-corrected chi connectivity index (χ1v) is 7.48. The predicted molar refractivity (Wildman–Crippen MR) is 86.0 cm³/mol. The summed E-state index contributed by atoms with van der Waals surface area (Å²) < 4.78 is 11.3. The van der Waals surface area contributed by atoms with Crippen LogP contribution in [-0.2, 0) is 12.0 Å². The van der Waals surface area contributed by atoms with Gasteiger partial charge in [0.2, 0.25) is 0 Å². The molecule has 0 unspecified atom stereocenters. The van der Waals surface area contributed by atoms with E-state index in [9.17, 15) is 0 Å². The van der Waals surface area contributed by atoms with E-state index in [0.29, 0.717) is 11.7 Å². The van der Waals surface area contributed by atoms with E-state index in [4.69, 9.17) is 15.3 Å². The van der Waals surface area contributed by atoms with Crippen molar-refractivity contribution in [3.63, 3.8) is 0 Å². The Morgan fingerprint density at radius 1 is 1.33 bits per heavy atom. The molecule has 1 aromatic heterocycles. The second-order valence-electron chi connectivity index (χ2n) is 5.68. The molecule has 2 rings (SSSR count). The van der Waals surface area contributed by atoms with Gasteiger partial charge in [0.1, 0.15) is 18.1 Å². The van der Waals surface area contributed by atoms with Gasteiger partial charge < -0.3 is 9.47 Å². The maximum Gasteiger partial charge on any atom is 0.197 e. The molecular weight excluding hydrogens is 286 g/mol. The van der Waals surface area contributed by atoms with E-state index in [2.05, 4.69) is 31.2 Å². The van der Waals surface area contributed by atoms with Gasteiger partial charge in [-0.15, -0.1) is 0 Å². The van der Waals surface area contributed by atoms with Crippen LogP contribution in [0.25, 0.3) is 0 Å². The molecule has 0 fully saturated rings.